The molecule has 2 aliphatic carbocycles. The lowest BCUT2D eigenvalue weighted by Gasteiger charge is -2.14. The summed E-state index contributed by atoms with van der Waals surface area (Å²) >= 11 is 0. The topological polar surface area (TPSA) is 26.0 Å². The Kier molecular flexibility index (Phi) is 0.974. The van der Waals surface area contributed by atoms with Crippen LogP contribution in [0.1, 0.15) is 25.7 Å². The molecule has 0 aliphatic heterocycles. The minimum Gasteiger partial charge on any atom is -0.327 e. The van der Waals surface area contributed by atoms with Crippen LogP contribution in [0.25, 0.3) is 0 Å². The molecule has 0 radical (unpaired) electrons. The SMILES string of the molecule is NC1CC12C=CCCC2. The molecular weight excluding hydrogens is 110 g/mol. The summed E-state index contributed by atoms with van der Waals surface area (Å²) in [6.45, 7) is 0. The summed E-state index contributed by atoms with van der Waals surface area (Å²) in [7, 11) is 0. The van der Waals surface area contributed by atoms with Gasteiger partial charge in [0.1, 0.15) is 0 Å². The van der Waals surface area contributed by atoms with E-state index in [0.717, 1.165) is 0 Å². The zero-order valence-electron chi connectivity index (χ0n) is 5.64. The van der Waals surface area contributed by atoms with E-state index < -0.39 is 0 Å². The van der Waals surface area contributed by atoms with Crippen LogP contribution in [0.4, 0.5) is 0 Å². The molecule has 0 heterocycles. The normalized spacial score (nSPS) is 47.9. The molecule has 1 fully saturated rings. The Hall–Kier alpha value is -0.300. The van der Waals surface area contributed by atoms with Gasteiger partial charge in [0.2, 0.25) is 0 Å². The molecule has 0 aromatic carbocycles. The third-order valence-corrected chi connectivity index (χ3v) is 2.64. The molecular formula is C8H13N. The van der Waals surface area contributed by atoms with E-state index in [-0.39, 0.29) is 0 Å². The van der Waals surface area contributed by atoms with Gasteiger partial charge in [-0.15, -0.1) is 0 Å². The molecule has 1 saturated carbocycles. The number of hydrogen-bond acceptors (Lipinski definition) is 1. The smallest absolute Gasteiger partial charge is 0.0140 e. The first-order valence-corrected chi connectivity index (χ1v) is 3.77. The van der Waals surface area contributed by atoms with Crippen LogP contribution in [-0.4, -0.2) is 6.04 Å². The van der Waals surface area contributed by atoms with E-state index in [1.165, 1.54) is 25.7 Å². The molecule has 2 N–H and O–H groups in total. The molecule has 0 bridgehead atoms. The molecule has 0 saturated heterocycles. The van der Waals surface area contributed by atoms with Crippen LogP contribution >= 0.6 is 0 Å². The fourth-order valence-electron chi connectivity index (χ4n) is 1.78. The van der Waals surface area contributed by atoms with Crippen LogP contribution in [0, 0.1) is 5.41 Å². The molecule has 50 valence electrons. The van der Waals surface area contributed by atoms with Crippen molar-refractivity contribution in [3.8, 4) is 0 Å². The molecule has 1 spiro atoms. The molecule has 2 rings (SSSR count). The summed E-state index contributed by atoms with van der Waals surface area (Å²) in [4.78, 5) is 0. The average molecular weight is 123 g/mol. The van der Waals surface area contributed by atoms with E-state index in [9.17, 15) is 0 Å². The van der Waals surface area contributed by atoms with Crippen molar-refractivity contribution in [3.05, 3.63) is 12.2 Å². The Morgan fingerprint density at radius 3 is 2.67 bits per heavy atom. The second-order valence-corrected chi connectivity index (χ2v) is 3.34. The van der Waals surface area contributed by atoms with Crippen molar-refractivity contribution < 1.29 is 0 Å². The molecule has 1 nitrogen and oxygen atoms in total. The third kappa shape index (κ3) is 0.715. The number of hydrogen-bond donors (Lipinski definition) is 1. The Balaban J connectivity index is 2.13. The highest BCUT2D eigenvalue weighted by Crippen LogP contribution is 2.51. The zero-order valence-corrected chi connectivity index (χ0v) is 5.64. The fourth-order valence-corrected chi connectivity index (χ4v) is 1.78. The molecule has 1 heteroatoms. The minimum absolute atomic E-state index is 0.484. The lowest BCUT2D eigenvalue weighted by atomic mass is 9.92. The van der Waals surface area contributed by atoms with Crippen molar-refractivity contribution in [3.63, 3.8) is 0 Å². The summed E-state index contributed by atoms with van der Waals surface area (Å²) in [6.07, 6.45) is 9.82. The molecule has 2 atom stereocenters. The first-order valence-electron chi connectivity index (χ1n) is 3.77. The van der Waals surface area contributed by atoms with Crippen LogP contribution in [0.2, 0.25) is 0 Å². The highest BCUT2D eigenvalue weighted by Gasteiger charge is 2.49. The van der Waals surface area contributed by atoms with Crippen LogP contribution < -0.4 is 5.73 Å². The molecule has 2 unspecified atom stereocenters. The summed E-state index contributed by atoms with van der Waals surface area (Å²) in [5, 5.41) is 0. The Morgan fingerprint density at radius 2 is 2.33 bits per heavy atom. The summed E-state index contributed by atoms with van der Waals surface area (Å²) < 4.78 is 0. The summed E-state index contributed by atoms with van der Waals surface area (Å²) in [5.74, 6) is 0. The Morgan fingerprint density at radius 1 is 1.56 bits per heavy atom. The van der Waals surface area contributed by atoms with Crippen LogP contribution in [0.3, 0.4) is 0 Å². The second kappa shape index (κ2) is 1.60. The second-order valence-electron chi connectivity index (χ2n) is 3.34. The number of nitrogens with two attached hydrogens (primary N) is 1. The van der Waals surface area contributed by atoms with Gasteiger partial charge < -0.3 is 5.73 Å². The van der Waals surface area contributed by atoms with Gasteiger partial charge in [0, 0.05) is 11.5 Å². The number of rotatable bonds is 0. The van der Waals surface area contributed by atoms with Crippen molar-refractivity contribution in [1.82, 2.24) is 0 Å². The molecule has 0 aromatic rings. The largest absolute Gasteiger partial charge is 0.327 e. The van der Waals surface area contributed by atoms with Crippen molar-refractivity contribution in [2.75, 3.05) is 0 Å². The van der Waals surface area contributed by atoms with E-state index in [2.05, 4.69) is 12.2 Å². The van der Waals surface area contributed by atoms with Crippen molar-refractivity contribution >= 4 is 0 Å². The Bertz CT molecular complexity index is 151. The zero-order chi connectivity index (χ0) is 6.32. The first kappa shape index (κ1) is 5.48. The van der Waals surface area contributed by atoms with Crippen LogP contribution in [-0.2, 0) is 0 Å². The lowest BCUT2D eigenvalue weighted by Crippen LogP contribution is -2.13. The van der Waals surface area contributed by atoms with E-state index in [0.29, 0.717) is 11.5 Å². The monoisotopic (exact) mass is 123 g/mol. The highest BCUT2D eigenvalue weighted by atomic mass is 14.8. The van der Waals surface area contributed by atoms with Gasteiger partial charge >= 0.3 is 0 Å². The van der Waals surface area contributed by atoms with Crippen molar-refractivity contribution in [1.29, 1.82) is 0 Å². The van der Waals surface area contributed by atoms with Gasteiger partial charge in [-0.3, -0.25) is 0 Å². The predicted molar refractivity (Wildman–Crippen MR) is 38.0 cm³/mol. The van der Waals surface area contributed by atoms with Crippen LogP contribution in [0.15, 0.2) is 12.2 Å². The third-order valence-electron chi connectivity index (χ3n) is 2.64. The maximum absolute atomic E-state index is 5.78. The predicted octanol–water partition coefficient (Wildman–Crippen LogP) is 1.44. The maximum atomic E-state index is 5.78. The molecule has 0 aromatic heterocycles. The lowest BCUT2D eigenvalue weighted by molar-refractivity contribution is 0.511. The van der Waals surface area contributed by atoms with Gasteiger partial charge in [-0.25, -0.2) is 0 Å². The van der Waals surface area contributed by atoms with E-state index in [1.54, 1.807) is 0 Å². The average Bonchev–Trinajstić information content (AvgIpc) is 2.44. The minimum atomic E-state index is 0.484. The van der Waals surface area contributed by atoms with Gasteiger partial charge in [0.05, 0.1) is 0 Å². The van der Waals surface area contributed by atoms with E-state index in [1.807, 2.05) is 0 Å². The highest BCUT2D eigenvalue weighted by molar-refractivity contribution is 5.19. The van der Waals surface area contributed by atoms with Crippen LogP contribution in [0.5, 0.6) is 0 Å². The quantitative estimate of drug-likeness (QED) is 0.485. The van der Waals surface area contributed by atoms with Gasteiger partial charge in [0.25, 0.3) is 0 Å². The summed E-state index contributed by atoms with van der Waals surface area (Å²) in [6, 6.07) is 0.494. The van der Waals surface area contributed by atoms with Crippen molar-refractivity contribution in [2.45, 2.75) is 31.7 Å². The van der Waals surface area contributed by atoms with Gasteiger partial charge in [-0.1, -0.05) is 12.2 Å². The van der Waals surface area contributed by atoms with Gasteiger partial charge in [-0.2, -0.15) is 0 Å². The van der Waals surface area contributed by atoms with Crippen molar-refractivity contribution in [2.24, 2.45) is 11.1 Å². The summed E-state index contributed by atoms with van der Waals surface area (Å²) in [5.41, 5.74) is 6.27. The first-order chi connectivity index (χ1) is 4.33. The van der Waals surface area contributed by atoms with E-state index >= 15 is 0 Å². The fraction of sp³-hybridized carbons (Fsp3) is 0.750. The maximum Gasteiger partial charge on any atom is 0.0140 e. The Labute approximate surface area is 55.9 Å². The van der Waals surface area contributed by atoms with E-state index in [4.69, 9.17) is 5.73 Å². The number of allylic oxidation sites excluding steroid dienone is 1. The molecule has 9 heavy (non-hydrogen) atoms. The van der Waals surface area contributed by atoms with Gasteiger partial charge in [0.15, 0.2) is 0 Å². The molecule has 2 aliphatic rings. The van der Waals surface area contributed by atoms with Gasteiger partial charge in [-0.05, 0) is 25.7 Å². The standard InChI is InChI=1S/C8H13N/c9-7-6-8(7)4-2-1-3-5-8/h2,4,7H,1,3,5-6,9H2. The molecule has 0 amide bonds.